The highest BCUT2D eigenvalue weighted by molar-refractivity contribution is 5.41. The Hall–Kier alpha value is -1.02. The van der Waals surface area contributed by atoms with Crippen LogP contribution in [0, 0.1) is 13.8 Å². The molecule has 1 saturated carbocycles. The first kappa shape index (κ1) is 11.5. The van der Waals surface area contributed by atoms with Gasteiger partial charge in [0, 0.05) is 5.54 Å². The molecule has 0 radical (unpaired) electrons. The number of hydrogen-bond donors (Lipinski definition) is 1. The van der Waals surface area contributed by atoms with E-state index in [-0.39, 0.29) is 5.54 Å². The molecule has 16 heavy (non-hydrogen) atoms. The third-order valence-corrected chi connectivity index (χ3v) is 3.64. The molecular weight excluding hydrogens is 198 g/mol. The molecule has 0 aromatic heterocycles. The summed E-state index contributed by atoms with van der Waals surface area (Å²) in [6, 6.07) is 4.36. The summed E-state index contributed by atoms with van der Waals surface area (Å²) in [5.74, 6) is 0.982. The average Bonchev–Trinajstić information content (AvgIpc) is 2.98. The van der Waals surface area contributed by atoms with Gasteiger partial charge < -0.3 is 10.5 Å². The fraction of sp³-hybridized carbons (Fsp3) is 0.571. The standard InChI is InChI=1S/C14H21NO/c1-10-9-13(16-3)11(2)8-12(10)4-5-14(15)6-7-14/h8-9H,4-7,15H2,1-3H3. The third-order valence-electron chi connectivity index (χ3n) is 3.64. The van der Waals surface area contributed by atoms with Crippen molar-refractivity contribution in [2.45, 2.75) is 45.1 Å². The van der Waals surface area contributed by atoms with Crippen molar-refractivity contribution in [1.82, 2.24) is 0 Å². The number of benzene rings is 1. The van der Waals surface area contributed by atoms with E-state index in [4.69, 9.17) is 10.5 Å². The maximum Gasteiger partial charge on any atom is 0.122 e. The molecule has 0 atom stereocenters. The summed E-state index contributed by atoms with van der Waals surface area (Å²) < 4.78 is 5.31. The van der Waals surface area contributed by atoms with Gasteiger partial charge in [0.2, 0.25) is 0 Å². The van der Waals surface area contributed by atoms with Gasteiger partial charge in [-0.15, -0.1) is 0 Å². The van der Waals surface area contributed by atoms with Crippen molar-refractivity contribution in [2.24, 2.45) is 5.73 Å². The molecule has 0 heterocycles. The van der Waals surface area contributed by atoms with E-state index in [1.54, 1.807) is 7.11 Å². The second-order valence-corrected chi connectivity index (χ2v) is 5.11. The molecule has 88 valence electrons. The van der Waals surface area contributed by atoms with Gasteiger partial charge in [0.25, 0.3) is 0 Å². The summed E-state index contributed by atoms with van der Waals surface area (Å²) in [7, 11) is 1.72. The Labute approximate surface area is 97.8 Å². The molecule has 2 nitrogen and oxygen atoms in total. The monoisotopic (exact) mass is 219 g/mol. The second-order valence-electron chi connectivity index (χ2n) is 5.11. The summed E-state index contributed by atoms with van der Waals surface area (Å²) in [4.78, 5) is 0. The zero-order valence-corrected chi connectivity index (χ0v) is 10.5. The fourth-order valence-corrected chi connectivity index (χ4v) is 2.13. The Morgan fingerprint density at radius 2 is 1.94 bits per heavy atom. The van der Waals surface area contributed by atoms with Crippen LogP contribution in [0.1, 0.15) is 36.0 Å². The number of rotatable bonds is 4. The Kier molecular flexibility index (Phi) is 2.94. The Balaban J connectivity index is 2.11. The molecule has 1 fully saturated rings. The lowest BCUT2D eigenvalue weighted by molar-refractivity contribution is 0.411. The van der Waals surface area contributed by atoms with Gasteiger partial charge in [-0.25, -0.2) is 0 Å². The molecule has 2 N–H and O–H groups in total. The van der Waals surface area contributed by atoms with Gasteiger partial charge in [-0.1, -0.05) is 6.07 Å². The average molecular weight is 219 g/mol. The maximum atomic E-state index is 6.11. The lowest BCUT2D eigenvalue weighted by atomic mass is 9.98. The van der Waals surface area contributed by atoms with Gasteiger partial charge in [0.15, 0.2) is 0 Å². The summed E-state index contributed by atoms with van der Waals surface area (Å²) in [6.45, 7) is 4.24. The second kappa shape index (κ2) is 4.10. The minimum absolute atomic E-state index is 0.153. The van der Waals surface area contributed by atoms with Gasteiger partial charge >= 0.3 is 0 Å². The zero-order valence-electron chi connectivity index (χ0n) is 10.5. The molecule has 2 rings (SSSR count). The van der Waals surface area contributed by atoms with Crippen LogP contribution in [-0.4, -0.2) is 12.6 Å². The van der Waals surface area contributed by atoms with Crippen molar-refractivity contribution in [1.29, 1.82) is 0 Å². The van der Waals surface area contributed by atoms with Crippen molar-refractivity contribution < 1.29 is 4.74 Å². The highest BCUT2D eigenvalue weighted by Gasteiger charge is 2.37. The molecule has 0 bridgehead atoms. The first-order valence-corrected chi connectivity index (χ1v) is 5.97. The van der Waals surface area contributed by atoms with E-state index in [0.29, 0.717) is 0 Å². The van der Waals surface area contributed by atoms with Crippen molar-refractivity contribution in [3.05, 3.63) is 28.8 Å². The largest absolute Gasteiger partial charge is 0.496 e. The van der Waals surface area contributed by atoms with Crippen LogP contribution in [0.15, 0.2) is 12.1 Å². The number of aryl methyl sites for hydroxylation is 3. The lowest BCUT2D eigenvalue weighted by Gasteiger charge is -2.13. The molecule has 0 aliphatic heterocycles. The smallest absolute Gasteiger partial charge is 0.122 e. The molecule has 1 aromatic rings. The molecular formula is C14H21NO. The van der Waals surface area contributed by atoms with E-state index >= 15 is 0 Å². The van der Waals surface area contributed by atoms with Crippen LogP contribution in [0.4, 0.5) is 0 Å². The Morgan fingerprint density at radius 3 is 2.50 bits per heavy atom. The van der Waals surface area contributed by atoms with Crippen molar-refractivity contribution >= 4 is 0 Å². The van der Waals surface area contributed by atoms with Crippen LogP contribution in [-0.2, 0) is 6.42 Å². The molecule has 0 amide bonds. The topological polar surface area (TPSA) is 35.2 Å². The van der Waals surface area contributed by atoms with Gasteiger partial charge in [-0.05, 0) is 62.3 Å². The molecule has 0 saturated heterocycles. The molecule has 0 spiro atoms. The van der Waals surface area contributed by atoms with E-state index < -0.39 is 0 Å². The van der Waals surface area contributed by atoms with Crippen LogP contribution in [0.3, 0.4) is 0 Å². The van der Waals surface area contributed by atoms with Crippen molar-refractivity contribution in [3.8, 4) is 5.75 Å². The van der Waals surface area contributed by atoms with Crippen LogP contribution in [0.2, 0.25) is 0 Å². The van der Waals surface area contributed by atoms with Crippen LogP contribution < -0.4 is 10.5 Å². The van der Waals surface area contributed by atoms with Gasteiger partial charge in [-0.2, -0.15) is 0 Å². The summed E-state index contributed by atoms with van der Waals surface area (Å²) in [6.07, 6.45) is 4.59. The van der Waals surface area contributed by atoms with Gasteiger partial charge in [0.1, 0.15) is 5.75 Å². The predicted molar refractivity (Wildman–Crippen MR) is 66.9 cm³/mol. The quantitative estimate of drug-likeness (QED) is 0.845. The van der Waals surface area contributed by atoms with E-state index in [1.165, 1.54) is 29.5 Å². The number of methoxy groups -OCH3 is 1. The molecule has 1 aromatic carbocycles. The predicted octanol–water partition coefficient (Wildman–Crippen LogP) is 2.74. The van der Waals surface area contributed by atoms with Crippen molar-refractivity contribution in [3.63, 3.8) is 0 Å². The maximum absolute atomic E-state index is 6.11. The fourth-order valence-electron chi connectivity index (χ4n) is 2.13. The molecule has 0 unspecified atom stereocenters. The van der Waals surface area contributed by atoms with E-state index in [2.05, 4.69) is 26.0 Å². The van der Waals surface area contributed by atoms with E-state index in [1.807, 2.05) is 0 Å². The zero-order chi connectivity index (χ0) is 11.8. The lowest BCUT2D eigenvalue weighted by Crippen LogP contribution is -2.22. The number of ether oxygens (including phenoxy) is 1. The Bertz CT molecular complexity index is 394. The minimum Gasteiger partial charge on any atom is -0.496 e. The molecule has 2 heteroatoms. The van der Waals surface area contributed by atoms with Crippen LogP contribution in [0.25, 0.3) is 0 Å². The first-order valence-electron chi connectivity index (χ1n) is 5.97. The Morgan fingerprint density at radius 1 is 1.25 bits per heavy atom. The van der Waals surface area contributed by atoms with Crippen LogP contribution in [0.5, 0.6) is 5.75 Å². The van der Waals surface area contributed by atoms with Gasteiger partial charge in [-0.3, -0.25) is 0 Å². The summed E-state index contributed by atoms with van der Waals surface area (Å²) in [5, 5.41) is 0. The normalized spacial score (nSPS) is 17.2. The van der Waals surface area contributed by atoms with E-state index in [9.17, 15) is 0 Å². The third kappa shape index (κ3) is 2.38. The minimum atomic E-state index is 0.153. The first-order chi connectivity index (χ1) is 7.54. The molecule has 1 aliphatic rings. The highest BCUT2D eigenvalue weighted by Crippen LogP contribution is 2.37. The highest BCUT2D eigenvalue weighted by atomic mass is 16.5. The van der Waals surface area contributed by atoms with E-state index in [0.717, 1.165) is 18.6 Å². The van der Waals surface area contributed by atoms with Crippen molar-refractivity contribution in [2.75, 3.05) is 7.11 Å². The number of hydrogen-bond acceptors (Lipinski definition) is 2. The van der Waals surface area contributed by atoms with Crippen LogP contribution >= 0.6 is 0 Å². The number of nitrogens with two attached hydrogens (primary N) is 1. The summed E-state index contributed by atoms with van der Waals surface area (Å²) >= 11 is 0. The SMILES string of the molecule is COc1cc(C)c(CCC2(N)CC2)cc1C. The van der Waals surface area contributed by atoms with Gasteiger partial charge in [0.05, 0.1) is 7.11 Å². The summed E-state index contributed by atoms with van der Waals surface area (Å²) in [5.41, 5.74) is 10.2. The molecule has 1 aliphatic carbocycles.